The van der Waals surface area contributed by atoms with E-state index in [-0.39, 0.29) is 24.2 Å². The van der Waals surface area contributed by atoms with Crippen LogP contribution in [0.15, 0.2) is 72.4 Å². The Morgan fingerprint density at radius 2 is 1.97 bits per heavy atom. The summed E-state index contributed by atoms with van der Waals surface area (Å²) in [5.74, 6) is 0.922. The molecule has 0 aliphatic carbocycles. The van der Waals surface area contributed by atoms with Crippen molar-refractivity contribution >= 4 is 11.7 Å². The third kappa shape index (κ3) is 3.73. The summed E-state index contributed by atoms with van der Waals surface area (Å²) in [5.41, 5.74) is 9.19. The number of hydrazine groups is 1. The van der Waals surface area contributed by atoms with Gasteiger partial charge in [0.15, 0.2) is 0 Å². The molecule has 1 aromatic carbocycles. The number of fused-ring (bicyclic) bond motifs is 3. The van der Waals surface area contributed by atoms with Crippen LogP contribution in [0.2, 0.25) is 0 Å². The number of aromatic nitrogens is 1. The van der Waals surface area contributed by atoms with Gasteiger partial charge in [-0.05, 0) is 29.7 Å². The van der Waals surface area contributed by atoms with E-state index < -0.39 is 0 Å². The lowest BCUT2D eigenvalue weighted by Crippen LogP contribution is -2.54. The molecule has 0 bridgehead atoms. The van der Waals surface area contributed by atoms with Crippen LogP contribution in [0.25, 0.3) is 0 Å². The van der Waals surface area contributed by atoms with E-state index in [2.05, 4.69) is 66.6 Å². The maximum absolute atomic E-state index is 12.3. The summed E-state index contributed by atoms with van der Waals surface area (Å²) < 4.78 is 0. The van der Waals surface area contributed by atoms with Gasteiger partial charge in [-0.15, -0.1) is 0 Å². The molecule has 3 unspecified atom stereocenters. The van der Waals surface area contributed by atoms with Gasteiger partial charge in [-0.1, -0.05) is 30.3 Å². The van der Waals surface area contributed by atoms with Crippen LogP contribution in [-0.2, 0) is 11.3 Å². The maximum Gasteiger partial charge on any atom is 0.220 e. The molecule has 3 aliphatic heterocycles. The molecule has 5 rings (SSSR count). The minimum Gasteiger partial charge on any atom is -0.352 e. The third-order valence-electron chi connectivity index (χ3n) is 5.83. The van der Waals surface area contributed by atoms with Crippen molar-refractivity contribution in [1.82, 2.24) is 31.1 Å². The molecule has 1 saturated heterocycles. The smallest absolute Gasteiger partial charge is 0.220 e. The first-order chi connectivity index (χ1) is 14.8. The van der Waals surface area contributed by atoms with Gasteiger partial charge < -0.3 is 15.2 Å². The summed E-state index contributed by atoms with van der Waals surface area (Å²) in [6.07, 6.45) is 9.62. The number of pyridine rings is 1. The Hall–Kier alpha value is -3.39. The fraction of sp³-hybridized carbons (Fsp3) is 0.318. The number of carbonyl (C=O) groups excluding carboxylic acids is 1. The van der Waals surface area contributed by atoms with Crippen molar-refractivity contribution in [3.8, 4) is 0 Å². The monoisotopic (exact) mass is 403 g/mol. The van der Waals surface area contributed by atoms with E-state index in [1.54, 1.807) is 12.4 Å². The Kier molecular flexibility index (Phi) is 5.06. The van der Waals surface area contributed by atoms with Gasteiger partial charge in [0, 0.05) is 44.2 Å². The minimum absolute atomic E-state index is 0.0206. The standard InChI is InChI=1S/C22H25N7O/c30-21(24-15-16-8-10-23-11-9-16)7-6-20-25-26-22-19-14-18(17-4-2-1-3-5-17)27-29(19)13-12-28(20)22/h1-5,8-13,18-19,22,26-27H,6-7,14-15H2,(H,24,30). The van der Waals surface area contributed by atoms with Gasteiger partial charge in [0.05, 0.1) is 12.1 Å². The molecular formula is C22H25N7O. The van der Waals surface area contributed by atoms with Crippen LogP contribution in [-0.4, -0.2) is 38.8 Å². The van der Waals surface area contributed by atoms with Crippen molar-refractivity contribution < 1.29 is 4.79 Å². The zero-order valence-corrected chi connectivity index (χ0v) is 16.6. The van der Waals surface area contributed by atoms with E-state index in [4.69, 9.17) is 0 Å². The summed E-state index contributed by atoms with van der Waals surface area (Å²) in [4.78, 5) is 18.4. The van der Waals surface area contributed by atoms with Crippen LogP contribution < -0.4 is 16.2 Å². The second-order valence-electron chi connectivity index (χ2n) is 7.74. The fourth-order valence-corrected chi connectivity index (χ4v) is 4.23. The molecule has 3 N–H and O–H groups in total. The predicted molar refractivity (Wildman–Crippen MR) is 113 cm³/mol. The van der Waals surface area contributed by atoms with Crippen molar-refractivity contribution in [2.75, 3.05) is 0 Å². The number of carbonyl (C=O) groups is 1. The highest BCUT2D eigenvalue weighted by Gasteiger charge is 2.43. The number of benzene rings is 1. The van der Waals surface area contributed by atoms with Crippen molar-refractivity contribution in [2.45, 2.75) is 44.1 Å². The van der Waals surface area contributed by atoms with E-state index in [0.717, 1.165) is 17.8 Å². The van der Waals surface area contributed by atoms with Crippen LogP contribution in [0, 0.1) is 0 Å². The molecule has 4 heterocycles. The molecule has 1 amide bonds. The Labute approximate surface area is 175 Å². The Morgan fingerprint density at radius 3 is 2.80 bits per heavy atom. The number of nitrogens with one attached hydrogen (secondary N) is 3. The van der Waals surface area contributed by atoms with Crippen LogP contribution >= 0.6 is 0 Å². The van der Waals surface area contributed by atoms with Gasteiger partial charge in [0.1, 0.15) is 12.0 Å². The molecule has 8 nitrogen and oxygen atoms in total. The quantitative estimate of drug-likeness (QED) is 0.682. The van der Waals surface area contributed by atoms with Gasteiger partial charge >= 0.3 is 0 Å². The lowest BCUT2D eigenvalue weighted by Gasteiger charge is -2.37. The molecule has 8 heteroatoms. The first-order valence-electron chi connectivity index (χ1n) is 10.3. The topological polar surface area (TPSA) is 84.9 Å². The lowest BCUT2D eigenvalue weighted by molar-refractivity contribution is -0.121. The third-order valence-corrected chi connectivity index (χ3v) is 5.83. The number of hydrogen-bond acceptors (Lipinski definition) is 7. The molecule has 0 saturated carbocycles. The van der Waals surface area contributed by atoms with E-state index in [1.165, 1.54) is 5.56 Å². The molecule has 0 spiro atoms. The molecule has 1 aromatic heterocycles. The van der Waals surface area contributed by atoms with Crippen molar-refractivity contribution in [1.29, 1.82) is 0 Å². The molecule has 154 valence electrons. The number of amides is 1. The van der Waals surface area contributed by atoms with Gasteiger partial charge in [0.2, 0.25) is 5.91 Å². The predicted octanol–water partition coefficient (Wildman–Crippen LogP) is 1.83. The molecular weight excluding hydrogens is 378 g/mol. The zero-order valence-electron chi connectivity index (χ0n) is 16.6. The normalized spacial score (nSPS) is 24.1. The van der Waals surface area contributed by atoms with E-state index in [0.29, 0.717) is 19.4 Å². The molecule has 3 atom stereocenters. The SMILES string of the molecule is O=C(CCC1=NNC2C3CC(c4ccccc4)NN3C=CN12)NCc1ccncc1. The second kappa shape index (κ2) is 8.16. The zero-order chi connectivity index (χ0) is 20.3. The van der Waals surface area contributed by atoms with E-state index in [9.17, 15) is 4.79 Å². The van der Waals surface area contributed by atoms with E-state index >= 15 is 0 Å². The fourth-order valence-electron chi connectivity index (χ4n) is 4.23. The molecule has 0 radical (unpaired) electrons. The Balaban J connectivity index is 1.15. The summed E-state index contributed by atoms with van der Waals surface area (Å²) in [6.45, 7) is 0.516. The molecule has 2 aromatic rings. The minimum atomic E-state index is 0.0206. The van der Waals surface area contributed by atoms with Gasteiger partial charge in [-0.3, -0.25) is 15.2 Å². The van der Waals surface area contributed by atoms with Crippen molar-refractivity contribution in [2.24, 2.45) is 5.10 Å². The Morgan fingerprint density at radius 1 is 1.13 bits per heavy atom. The van der Waals surface area contributed by atoms with Gasteiger partial charge in [-0.25, -0.2) is 5.43 Å². The largest absolute Gasteiger partial charge is 0.352 e. The summed E-state index contributed by atoms with van der Waals surface area (Å²) in [7, 11) is 0. The highest BCUT2D eigenvalue weighted by Crippen LogP contribution is 2.34. The summed E-state index contributed by atoms with van der Waals surface area (Å²) in [6, 6.07) is 14.9. The van der Waals surface area contributed by atoms with Gasteiger partial charge in [0.25, 0.3) is 0 Å². The maximum atomic E-state index is 12.3. The number of nitrogens with zero attached hydrogens (tertiary/aromatic N) is 4. The van der Waals surface area contributed by atoms with Crippen LogP contribution in [0.5, 0.6) is 0 Å². The number of hydrazone groups is 1. The average molecular weight is 403 g/mol. The Bertz CT molecular complexity index is 946. The summed E-state index contributed by atoms with van der Waals surface area (Å²) >= 11 is 0. The first kappa shape index (κ1) is 18.6. The molecule has 30 heavy (non-hydrogen) atoms. The average Bonchev–Trinajstić information content (AvgIpc) is 3.41. The highest BCUT2D eigenvalue weighted by atomic mass is 16.1. The van der Waals surface area contributed by atoms with Crippen LogP contribution in [0.3, 0.4) is 0 Å². The van der Waals surface area contributed by atoms with Gasteiger partial charge in [-0.2, -0.15) is 5.10 Å². The van der Waals surface area contributed by atoms with Crippen molar-refractivity contribution in [3.05, 3.63) is 78.4 Å². The lowest BCUT2D eigenvalue weighted by atomic mass is 10.00. The molecule has 1 fully saturated rings. The number of amidine groups is 1. The summed E-state index contributed by atoms with van der Waals surface area (Å²) in [5, 5.41) is 9.66. The van der Waals surface area contributed by atoms with Crippen molar-refractivity contribution in [3.63, 3.8) is 0 Å². The highest BCUT2D eigenvalue weighted by molar-refractivity contribution is 5.89. The number of hydrogen-bond donors (Lipinski definition) is 3. The second-order valence-corrected chi connectivity index (χ2v) is 7.74. The van der Waals surface area contributed by atoms with Crippen LogP contribution in [0.1, 0.15) is 36.4 Å². The number of rotatable bonds is 6. The van der Waals surface area contributed by atoms with Crippen LogP contribution in [0.4, 0.5) is 0 Å². The molecule has 3 aliphatic rings. The first-order valence-corrected chi connectivity index (χ1v) is 10.3. The van der Waals surface area contributed by atoms with E-state index in [1.807, 2.05) is 24.4 Å².